The van der Waals surface area contributed by atoms with Gasteiger partial charge in [0.15, 0.2) is 11.9 Å². The summed E-state index contributed by atoms with van der Waals surface area (Å²) >= 11 is 0. The van der Waals surface area contributed by atoms with E-state index < -0.39 is 16.3 Å². The van der Waals surface area contributed by atoms with E-state index in [0.29, 0.717) is 30.0 Å². The number of anilines is 1. The van der Waals surface area contributed by atoms with Crippen LogP contribution in [0.2, 0.25) is 0 Å². The van der Waals surface area contributed by atoms with Crippen LogP contribution in [0.15, 0.2) is 29.2 Å². The van der Waals surface area contributed by atoms with Crippen LogP contribution in [0.5, 0.6) is 0 Å². The zero-order valence-electron chi connectivity index (χ0n) is 15.3. The average Bonchev–Trinajstić information content (AvgIpc) is 2.94. The third-order valence-electron chi connectivity index (χ3n) is 4.26. The molecule has 0 fully saturated rings. The third kappa shape index (κ3) is 3.55. The first-order valence-corrected chi connectivity index (χ1v) is 10.1. The summed E-state index contributed by atoms with van der Waals surface area (Å²) in [4.78, 5) is 18.3. The summed E-state index contributed by atoms with van der Waals surface area (Å²) in [6, 6.07) is 5.76. The van der Waals surface area contributed by atoms with Crippen molar-refractivity contribution < 1.29 is 22.6 Å². The second-order valence-corrected chi connectivity index (χ2v) is 7.61. The summed E-state index contributed by atoms with van der Waals surface area (Å²) in [6.45, 7) is 4.17. The third-order valence-corrected chi connectivity index (χ3v) is 5.11. The van der Waals surface area contributed by atoms with Gasteiger partial charge in [-0.25, -0.2) is 5.06 Å². The summed E-state index contributed by atoms with van der Waals surface area (Å²) in [5.41, 5.74) is 2.15. The number of benzene rings is 1. The van der Waals surface area contributed by atoms with Crippen LogP contribution in [0.1, 0.15) is 48.2 Å². The van der Waals surface area contributed by atoms with E-state index in [4.69, 9.17) is 4.84 Å². The highest BCUT2D eigenvalue weighted by Crippen LogP contribution is 2.36. The fraction of sp³-hybridized carbons (Fsp3) is 0.412. The predicted octanol–water partition coefficient (Wildman–Crippen LogP) is 1.82. The molecule has 0 aliphatic carbocycles. The molecule has 27 heavy (non-hydrogen) atoms. The highest BCUT2D eigenvalue weighted by Gasteiger charge is 2.38. The van der Waals surface area contributed by atoms with Crippen LogP contribution in [-0.2, 0) is 28.4 Å². The van der Waals surface area contributed by atoms with Gasteiger partial charge in [0.05, 0.1) is 17.2 Å². The lowest BCUT2D eigenvalue weighted by molar-refractivity contribution is 0.0663. The molecule has 1 aliphatic rings. The fourth-order valence-corrected chi connectivity index (χ4v) is 3.72. The zero-order chi connectivity index (χ0) is 19.8. The maximum Gasteiger partial charge on any atom is 0.294 e. The molecule has 1 amide bonds. The van der Waals surface area contributed by atoms with Gasteiger partial charge in [-0.2, -0.15) is 13.5 Å². The number of nitrogens with zero attached hydrogens (tertiary/aromatic N) is 3. The van der Waals surface area contributed by atoms with Crippen molar-refractivity contribution in [3.63, 3.8) is 0 Å². The van der Waals surface area contributed by atoms with Gasteiger partial charge < -0.3 is 5.32 Å². The van der Waals surface area contributed by atoms with Crippen molar-refractivity contribution in [2.75, 3.05) is 11.7 Å². The van der Waals surface area contributed by atoms with E-state index in [1.54, 1.807) is 18.2 Å². The Morgan fingerprint density at radius 3 is 2.70 bits per heavy atom. The minimum Gasteiger partial charge on any atom is -0.325 e. The first-order chi connectivity index (χ1) is 12.8. The molecule has 3 rings (SSSR count). The maximum absolute atomic E-state index is 12.7. The van der Waals surface area contributed by atoms with Gasteiger partial charge in [0.25, 0.3) is 16.0 Å². The zero-order valence-corrected chi connectivity index (χ0v) is 16.2. The normalized spacial score (nSPS) is 17.0. The van der Waals surface area contributed by atoms with E-state index in [0.717, 1.165) is 12.1 Å². The first kappa shape index (κ1) is 19.3. The molecule has 10 heteroatoms. The molecule has 1 atom stereocenters. The van der Waals surface area contributed by atoms with Crippen LogP contribution in [0.4, 0.5) is 5.69 Å². The molecule has 2 heterocycles. The second kappa shape index (κ2) is 7.29. The number of fused-ring (bicyclic) bond motifs is 1. The van der Waals surface area contributed by atoms with E-state index in [1.807, 2.05) is 13.8 Å². The van der Waals surface area contributed by atoms with Gasteiger partial charge >= 0.3 is 0 Å². The topological polar surface area (TPSA) is 114 Å². The van der Waals surface area contributed by atoms with Gasteiger partial charge in [0, 0.05) is 7.05 Å². The van der Waals surface area contributed by atoms with E-state index in [2.05, 4.69) is 10.4 Å². The molecule has 0 spiro atoms. The number of hydrogen-bond donors (Lipinski definition) is 2. The number of carbonyl (C=O) groups is 1. The lowest BCUT2D eigenvalue weighted by atomic mass is 10.1. The molecule has 146 valence electrons. The minimum atomic E-state index is -4.37. The predicted molar refractivity (Wildman–Crippen MR) is 97.8 cm³/mol. The van der Waals surface area contributed by atoms with E-state index in [1.165, 1.54) is 22.9 Å². The molecule has 0 saturated carbocycles. The van der Waals surface area contributed by atoms with E-state index in [-0.39, 0.29) is 10.8 Å². The number of nitrogens with one attached hydrogen (secondary N) is 1. The van der Waals surface area contributed by atoms with Crippen molar-refractivity contribution in [3.05, 3.63) is 41.2 Å². The Labute approximate surface area is 157 Å². The van der Waals surface area contributed by atoms with Gasteiger partial charge in [-0.05, 0) is 31.0 Å². The number of carbonyl (C=O) groups excluding carboxylic acids is 1. The van der Waals surface area contributed by atoms with E-state index >= 15 is 0 Å². The molecule has 2 aromatic rings. The number of amides is 1. The Kier molecular flexibility index (Phi) is 5.22. The Balaban J connectivity index is 2.14. The van der Waals surface area contributed by atoms with Gasteiger partial charge in [-0.15, -0.1) is 0 Å². The number of hydroxylamine groups is 1. The molecule has 2 N–H and O–H groups in total. The van der Waals surface area contributed by atoms with Crippen molar-refractivity contribution >= 4 is 21.7 Å². The van der Waals surface area contributed by atoms with Gasteiger partial charge in [-0.3, -0.25) is 18.9 Å². The van der Waals surface area contributed by atoms with Crippen LogP contribution in [0.3, 0.4) is 0 Å². The molecule has 1 aliphatic heterocycles. The molecular formula is C17H22N4O5S. The van der Waals surface area contributed by atoms with Crippen LogP contribution in [-0.4, -0.2) is 35.3 Å². The van der Waals surface area contributed by atoms with Crippen LogP contribution in [0, 0.1) is 0 Å². The van der Waals surface area contributed by atoms with Crippen molar-refractivity contribution in [2.45, 2.75) is 37.8 Å². The van der Waals surface area contributed by atoms with Gasteiger partial charge in [-0.1, -0.05) is 25.5 Å². The monoisotopic (exact) mass is 394 g/mol. The minimum absolute atomic E-state index is 0.253. The Morgan fingerprint density at radius 1 is 1.33 bits per heavy atom. The molecule has 1 aromatic heterocycles. The van der Waals surface area contributed by atoms with Crippen molar-refractivity contribution in [3.8, 4) is 0 Å². The number of aromatic nitrogens is 2. The Hall–Kier alpha value is -2.43. The molecular weight excluding hydrogens is 372 g/mol. The standard InChI is InChI=1S/C17H22N4O5S/c1-4-7-13-14-15(20(3)19-13)17(22)18-16(21(14)26-5-2)11-8-6-9-12(10-11)27(23,24)25/h6,8-10,16H,4-5,7H2,1-3H3,(H,18,22)(H,23,24,25). The average molecular weight is 394 g/mol. The lowest BCUT2D eigenvalue weighted by Crippen LogP contribution is -2.47. The highest BCUT2D eigenvalue weighted by molar-refractivity contribution is 7.85. The van der Waals surface area contributed by atoms with Crippen molar-refractivity contribution in [1.29, 1.82) is 0 Å². The molecule has 0 bridgehead atoms. The van der Waals surface area contributed by atoms with Crippen molar-refractivity contribution in [1.82, 2.24) is 15.1 Å². The summed E-state index contributed by atoms with van der Waals surface area (Å²) in [7, 11) is -2.67. The summed E-state index contributed by atoms with van der Waals surface area (Å²) < 4.78 is 33.8. The largest absolute Gasteiger partial charge is 0.325 e. The summed E-state index contributed by atoms with van der Waals surface area (Å²) in [5.74, 6) is -0.333. The van der Waals surface area contributed by atoms with Crippen molar-refractivity contribution in [2.24, 2.45) is 7.05 Å². The molecule has 0 radical (unpaired) electrons. The SMILES string of the molecule is CCCc1nn(C)c2c1N(OCC)C(c1cccc(S(=O)(=O)O)c1)NC2=O. The summed E-state index contributed by atoms with van der Waals surface area (Å²) in [6.07, 6.45) is 0.748. The Morgan fingerprint density at radius 2 is 2.07 bits per heavy atom. The van der Waals surface area contributed by atoms with Crippen LogP contribution in [0.25, 0.3) is 0 Å². The lowest BCUT2D eigenvalue weighted by Gasteiger charge is -2.36. The van der Waals surface area contributed by atoms with Gasteiger partial charge in [0.2, 0.25) is 0 Å². The number of rotatable bonds is 6. The highest BCUT2D eigenvalue weighted by atomic mass is 32.2. The molecule has 1 aromatic carbocycles. The summed E-state index contributed by atoms with van der Waals surface area (Å²) in [5, 5.41) is 8.82. The van der Waals surface area contributed by atoms with Gasteiger partial charge in [0.1, 0.15) is 5.69 Å². The number of aryl methyl sites for hydroxylation is 2. The molecule has 0 saturated heterocycles. The van der Waals surface area contributed by atoms with E-state index in [9.17, 15) is 17.8 Å². The number of hydrogen-bond acceptors (Lipinski definition) is 6. The first-order valence-electron chi connectivity index (χ1n) is 8.64. The Bertz CT molecular complexity index is 970. The maximum atomic E-state index is 12.7. The van der Waals surface area contributed by atoms with Crippen LogP contribution < -0.4 is 10.4 Å². The quantitative estimate of drug-likeness (QED) is 0.718. The second-order valence-electron chi connectivity index (χ2n) is 6.18. The smallest absolute Gasteiger partial charge is 0.294 e. The fourth-order valence-electron chi connectivity index (χ4n) is 3.18. The molecule has 1 unspecified atom stereocenters. The molecule has 9 nitrogen and oxygen atoms in total. The van der Waals surface area contributed by atoms with Crippen LogP contribution >= 0.6 is 0 Å².